The standard InChI is InChI=1S/C5H2N4O3S/c10-4-2-3(7-1-6-2)8-5(9-4)13(11)12/h1H,(H,9,10). The summed E-state index contributed by atoms with van der Waals surface area (Å²) in [6.07, 6.45) is 1.14. The number of amides is 1. The molecule has 7 nitrogen and oxygen atoms in total. The summed E-state index contributed by atoms with van der Waals surface area (Å²) in [4.78, 5) is 21.9. The predicted octanol–water partition coefficient (Wildman–Crippen LogP) is -2.04. The Kier molecular flexibility index (Phi) is 1.55. The highest BCUT2D eigenvalue weighted by Crippen LogP contribution is 2.00. The summed E-state index contributed by atoms with van der Waals surface area (Å²) >= 11 is 0. The van der Waals surface area contributed by atoms with Crippen LogP contribution in [0.1, 0.15) is 0 Å². The average Bonchev–Trinajstić information content (AvgIpc) is 2.51. The molecule has 66 valence electrons. The first-order valence-electron chi connectivity index (χ1n) is 3.15. The largest absolute Gasteiger partial charge is 0.292 e. The van der Waals surface area contributed by atoms with Crippen LogP contribution in [0.2, 0.25) is 0 Å². The van der Waals surface area contributed by atoms with Crippen LogP contribution in [0.3, 0.4) is 0 Å². The number of fused-ring (bicyclic) bond motifs is 1. The van der Waals surface area contributed by atoms with Crippen LogP contribution in [0.5, 0.6) is 0 Å². The fourth-order valence-corrected chi connectivity index (χ4v) is 1.20. The minimum atomic E-state index is -2.56. The van der Waals surface area contributed by atoms with E-state index in [2.05, 4.69) is 20.3 Å². The number of amidine groups is 1. The van der Waals surface area contributed by atoms with Crippen molar-refractivity contribution in [3.63, 3.8) is 0 Å². The zero-order chi connectivity index (χ0) is 9.42. The highest BCUT2D eigenvalue weighted by Gasteiger charge is 2.27. The van der Waals surface area contributed by atoms with Gasteiger partial charge in [-0.15, -0.1) is 0 Å². The third-order valence-corrected chi connectivity index (χ3v) is 1.89. The number of hydrogen-bond donors (Lipinski definition) is 1. The monoisotopic (exact) mass is 198 g/mol. The van der Waals surface area contributed by atoms with Gasteiger partial charge in [-0.25, -0.2) is 9.98 Å². The maximum atomic E-state index is 11.1. The third kappa shape index (κ3) is 1.16. The first-order valence-corrected chi connectivity index (χ1v) is 4.23. The number of nitrogens with zero attached hydrogens (tertiary/aromatic N) is 3. The van der Waals surface area contributed by atoms with Gasteiger partial charge in [-0.1, -0.05) is 0 Å². The quantitative estimate of drug-likeness (QED) is 0.454. The van der Waals surface area contributed by atoms with Crippen LogP contribution >= 0.6 is 0 Å². The molecule has 0 bridgehead atoms. The number of carbonyl (C=O) groups excluding carboxylic acids is 1. The van der Waals surface area contributed by atoms with E-state index in [0.29, 0.717) is 0 Å². The van der Waals surface area contributed by atoms with E-state index in [1.54, 1.807) is 0 Å². The Morgan fingerprint density at radius 1 is 1.38 bits per heavy atom. The Balaban J connectivity index is 2.64. The molecule has 2 rings (SSSR count). The molecule has 0 spiro atoms. The molecule has 0 saturated heterocycles. The molecule has 1 N–H and O–H groups in total. The highest BCUT2D eigenvalue weighted by atomic mass is 32.2. The van der Waals surface area contributed by atoms with Crippen molar-refractivity contribution in [2.45, 2.75) is 0 Å². The molecular formula is C5H2N4O3S. The number of nitrogens with one attached hydrogen (secondary N) is 1. The summed E-state index contributed by atoms with van der Waals surface area (Å²) in [6, 6.07) is 0. The van der Waals surface area contributed by atoms with Crippen molar-refractivity contribution in [1.82, 2.24) is 5.32 Å². The molecule has 0 atom stereocenters. The van der Waals surface area contributed by atoms with Crippen molar-refractivity contribution < 1.29 is 13.2 Å². The summed E-state index contributed by atoms with van der Waals surface area (Å²) in [5, 5.41) is 1.62. The molecule has 0 aromatic rings. The molecule has 2 heterocycles. The number of aliphatic imine (C=N–C) groups is 3. The van der Waals surface area contributed by atoms with Crippen LogP contribution in [0.4, 0.5) is 0 Å². The minimum Gasteiger partial charge on any atom is -0.292 e. The Bertz CT molecular complexity index is 502. The summed E-state index contributed by atoms with van der Waals surface area (Å²) in [5.41, 5.74) is 0.0363. The van der Waals surface area contributed by atoms with Gasteiger partial charge in [0.2, 0.25) is 0 Å². The van der Waals surface area contributed by atoms with E-state index in [9.17, 15) is 13.2 Å². The SMILES string of the molecule is O=C1NC(=S(=O)=O)N=C2N=CN=C12. The number of hydrogen-bond acceptors (Lipinski definition) is 5. The van der Waals surface area contributed by atoms with Crippen LogP contribution in [0.15, 0.2) is 15.0 Å². The average molecular weight is 198 g/mol. The molecule has 0 saturated carbocycles. The van der Waals surface area contributed by atoms with E-state index in [-0.39, 0.29) is 11.5 Å². The van der Waals surface area contributed by atoms with E-state index in [1.165, 1.54) is 0 Å². The van der Waals surface area contributed by atoms with Gasteiger partial charge in [0, 0.05) is 0 Å². The fraction of sp³-hybridized carbons (Fsp3) is 0. The van der Waals surface area contributed by atoms with Crippen LogP contribution in [0.25, 0.3) is 0 Å². The van der Waals surface area contributed by atoms with Crippen molar-refractivity contribution in [3.05, 3.63) is 0 Å². The second-order valence-corrected chi connectivity index (χ2v) is 3.01. The van der Waals surface area contributed by atoms with Crippen molar-refractivity contribution in [3.8, 4) is 0 Å². The lowest BCUT2D eigenvalue weighted by molar-refractivity contribution is -0.113. The van der Waals surface area contributed by atoms with Crippen LogP contribution in [-0.2, 0) is 15.1 Å². The second kappa shape index (κ2) is 2.59. The zero-order valence-corrected chi connectivity index (χ0v) is 6.87. The molecule has 0 aromatic carbocycles. The number of carbonyl (C=O) groups is 1. The molecule has 0 aliphatic carbocycles. The molecule has 2 aliphatic heterocycles. The first-order chi connectivity index (χ1) is 6.18. The van der Waals surface area contributed by atoms with Gasteiger partial charge in [0.1, 0.15) is 6.34 Å². The molecule has 8 heteroatoms. The third-order valence-electron chi connectivity index (χ3n) is 1.38. The topological polar surface area (TPSA) is 100 Å². The first kappa shape index (κ1) is 7.80. The predicted molar refractivity (Wildman–Crippen MR) is 45.4 cm³/mol. The van der Waals surface area contributed by atoms with Crippen LogP contribution in [0, 0.1) is 0 Å². The summed E-state index contributed by atoms with van der Waals surface area (Å²) < 4.78 is 20.9. The van der Waals surface area contributed by atoms with E-state index in [0.717, 1.165) is 6.34 Å². The van der Waals surface area contributed by atoms with Gasteiger partial charge in [-0.3, -0.25) is 10.1 Å². The van der Waals surface area contributed by atoms with Crippen molar-refractivity contribution in [1.29, 1.82) is 0 Å². The lowest BCUT2D eigenvalue weighted by Crippen LogP contribution is -2.43. The molecule has 2 aliphatic rings. The summed E-state index contributed by atoms with van der Waals surface area (Å²) in [6.45, 7) is 0. The fourth-order valence-electron chi connectivity index (χ4n) is 0.862. The van der Waals surface area contributed by atoms with Crippen molar-refractivity contribution in [2.24, 2.45) is 15.0 Å². The maximum Gasteiger partial charge on any atom is 0.280 e. The normalized spacial score (nSPS) is 19.1. The highest BCUT2D eigenvalue weighted by molar-refractivity contribution is 7.73. The Morgan fingerprint density at radius 2 is 2.15 bits per heavy atom. The van der Waals surface area contributed by atoms with E-state index in [4.69, 9.17) is 0 Å². The molecule has 0 aromatic heterocycles. The van der Waals surface area contributed by atoms with E-state index < -0.39 is 21.3 Å². The van der Waals surface area contributed by atoms with Gasteiger partial charge >= 0.3 is 0 Å². The maximum absolute atomic E-state index is 11.1. The molecule has 13 heavy (non-hydrogen) atoms. The van der Waals surface area contributed by atoms with Gasteiger partial charge < -0.3 is 0 Å². The van der Waals surface area contributed by atoms with Gasteiger partial charge in [0.25, 0.3) is 21.3 Å². The lowest BCUT2D eigenvalue weighted by Gasteiger charge is -2.07. The van der Waals surface area contributed by atoms with Gasteiger partial charge in [0.05, 0.1) is 0 Å². The Labute approximate surface area is 73.4 Å². The van der Waals surface area contributed by atoms with E-state index in [1.807, 2.05) is 0 Å². The molecule has 0 unspecified atom stereocenters. The molecule has 0 radical (unpaired) electrons. The molecule has 1 amide bonds. The molecule has 0 fully saturated rings. The summed E-state index contributed by atoms with van der Waals surface area (Å²) in [5.74, 6) is -0.579. The molecular weight excluding hydrogens is 196 g/mol. The Morgan fingerprint density at radius 3 is 2.85 bits per heavy atom. The van der Waals surface area contributed by atoms with E-state index >= 15 is 0 Å². The smallest absolute Gasteiger partial charge is 0.280 e. The number of rotatable bonds is 0. The van der Waals surface area contributed by atoms with Gasteiger partial charge in [-0.05, 0) is 0 Å². The van der Waals surface area contributed by atoms with Crippen molar-refractivity contribution >= 4 is 39.2 Å². The van der Waals surface area contributed by atoms with Crippen LogP contribution < -0.4 is 5.32 Å². The van der Waals surface area contributed by atoms with Crippen LogP contribution in [-0.4, -0.2) is 37.3 Å². The summed E-state index contributed by atoms with van der Waals surface area (Å²) in [7, 11) is -2.56. The lowest BCUT2D eigenvalue weighted by atomic mass is 10.3. The Hall–Kier alpha value is -1.83. The van der Waals surface area contributed by atoms with Gasteiger partial charge in [-0.2, -0.15) is 13.4 Å². The van der Waals surface area contributed by atoms with Gasteiger partial charge in [0.15, 0.2) is 11.5 Å². The van der Waals surface area contributed by atoms with Crippen molar-refractivity contribution in [2.75, 3.05) is 0 Å². The minimum absolute atomic E-state index is 0.0305. The zero-order valence-electron chi connectivity index (χ0n) is 6.05. The second-order valence-electron chi connectivity index (χ2n) is 2.15.